The minimum Gasteiger partial charge on any atom is -0.469 e. The fraction of sp³-hybridized carbons (Fsp3) is 0.444. The normalized spacial score (nSPS) is 22.2. The van der Waals surface area contributed by atoms with Crippen molar-refractivity contribution in [1.82, 2.24) is 9.88 Å². The highest BCUT2D eigenvalue weighted by molar-refractivity contribution is 5.98. The molecule has 1 fully saturated rings. The standard InChI is InChI=1S/C18H21N3O2/c22-16-11-14(12-17-15(16)4-10-23-17)13-20-6-8-21(9-7-20)18-3-1-2-5-19-18/h1-5,10,14H,6-9,11-13H2/t14-/m0/s1. The molecule has 0 bridgehead atoms. The molecule has 1 aliphatic heterocycles. The number of anilines is 1. The highest BCUT2D eigenvalue weighted by Gasteiger charge is 2.29. The molecule has 2 aliphatic rings. The van der Waals surface area contributed by atoms with Crippen LogP contribution < -0.4 is 4.90 Å². The molecule has 120 valence electrons. The number of hydrogen-bond acceptors (Lipinski definition) is 5. The third-order valence-electron chi connectivity index (χ3n) is 4.86. The van der Waals surface area contributed by atoms with Crippen molar-refractivity contribution < 1.29 is 9.21 Å². The summed E-state index contributed by atoms with van der Waals surface area (Å²) in [6, 6.07) is 7.85. The van der Waals surface area contributed by atoms with Gasteiger partial charge < -0.3 is 9.32 Å². The smallest absolute Gasteiger partial charge is 0.166 e. The number of Topliss-reactive ketones (excluding diaryl/α,β-unsaturated/α-hetero) is 1. The van der Waals surface area contributed by atoms with Crippen LogP contribution in [0.3, 0.4) is 0 Å². The lowest BCUT2D eigenvalue weighted by atomic mass is 9.87. The number of rotatable bonds is 3. The van der Waals surface area contributed by atoms with E-state index in [0.717, 1.165) is 56.3 Å². The van der Waals surface area contributed by atoms with E-state index in [4.69, 9.17) is 4.42 Å². The maximum atomic E-state index is 12.1. The first-order chi connectivity index (χ1) is 11.3. The quantitative estimate of drug-likeness (QED) is 0.870. The highest BCUT2D eigenvalue weighted by Crippen LogP contribution is 2.27. The van der Waals surface area contributed by atoms with E-state index in [9.17, 15) is 4.79 Å². The van der Waals surface area contributed by atoms with Crippen molar-refractivity contribution in [3.8, 4) is 0 Å². The number of furan rings is 1. The molecule has 3 heterocycles. The number of pyridine rings is 1. The SMILES string of the molecule is O=C1C[C@H](CN2CCN(c3ccccn3)CC2)Cc2occc21. The van der Waals surface area contributed by atoms with E-state index in [0.29, 0.717) is 12.3 Å². The summed E-state index contributed by atoms with van der Waals surface area (Å²) in [7, 11) is 0. The van der Waals surface area contributed by atoms with E-state index in [1.165, 1.54) is 0 Å². The van der Waals surface area contributed by atoms with Crippen LogP contribution in [0.2, 0.25) is 0 Å². The lowest BCUT2D eigenvalue weighted by Gasteiger charge is -2.37. The van der Waals surface area contributed by atoms with E-state index >= 15 is 0 Å². The predicted octanol–water partition coefficient (Wildman–Crippen LogP) is 2.24. The summed E-state index contributed by atoms with van der Waals surface area (Å²) < 4.78 is 5.46. The summed E-state index contributed by atoms with van der Waals surface area (Å²) in [5.41, 5.74) is 0.793. The topological polar surface area (TPSA) is 49.6 Å². The molecule has 0 N–H and O–H groups in total. The molecule has 0 unspecified atom stereocenters. The Morgan fingerprint density at radius 3 is 2.78 bits per heavy atom. The number of nitrogens with zero attached hydrogens (tertiary/aromatic N) is 3. The lowest BCUT2D eigenvalue weighted by Crippen LogP contribution is -2.48. The summed E-state index contributed by atoms with van der Waals surface area (Å²) in [5.74, 6) is 2.54. The predicted molar refractivity (Wildman–Crippen MR) is 87.7 cm³/mol. The molecule has 1 saturated heterocycles. The van der Waals surface area contributed by atoms with Crippen molar-refractivity contribution in [1.29, 1.82) is 0 Å². The van der Waals surface area contributed by atoms with Gasteiger partial charge in [0.2, 0.25) is 0 Å². The van der Waals surface area contributed by atoms with Crippen LogP contribution in [0, 0.1) is 5.92 Å². The molecule has 0 aromatic carbocycles. The summed E-state index contributed by atoms with van der Waals surface area (Å²) in [5, 5.41) is 0. The van der Waals surface area contributed by atoms with Crippen LogP contribution in [-0.4, -0.2) is 48.4 Å². The van der Waals surface area contributed by atoms with Crippen molar-refractivity contribution in [3.05, 3.63) is 48.0 Å². The van der Waals surface area contributed by atoms with Crippen molar-refractivity contribution in [3.63, 3.8) is 0 Å². The number of carbonyl (C=O) groups excluding carboxylic acids is 1. The molecule has 4 rings (SSSR count). The van der Waals surface area contributed by atoms with E-state index in [2.05, 4.69) is 20.9 Å². The Balaban J connectivity index is 1.33. The van der Waals surface area contributed by atoms with Crippen LogP contribution in [0.25, 0.3) is 0 Å². The third-order valence-corrected chi connectivity index (χ3v) is 4.86. The summed E-state index contributed by atoms with van der Waals surface area (Å²) in [4.78, 5) is 21.4. The van der Waals surface area contributed by atoms with E-state index < -0.39 is 0 Å². The van der Waals surface area contributed by atoms with Gasteiger partial charge in [-0.1, -0.05) is 6.07 Å². The highest BCUT2D eigenvalue weighted by atomic mass is 16.3. The van der Waals surface area contributed by atoms with Gasteiger partial charge in [0.15, 0.2) is 5.78 Å². The molecule has 5 heteroatoms. The molecule has 1 aliphatic carbocycles. The van der Waals surface area contributed by atoms with Gasteiger partial charge >= 0.3 is 0 Å². The zero-order valence-electron chi connectivity index (χ0n) is 13.1. The van der Waals surface area contributed by atoms with Crippen molar-refractivity contribution in [2.24, 2.45) is 5.92 Å². The fourth-order valence-electron chi connectivity index (χ4n) is 3.65. The Hall–Kier alpha value is -2.14. The largest absolute Gasteiger partial charge is 0.469 e. The minimum atomic E-state index is 0.233. The second-order valence-electron chi connectivity index (χ2n) is 6.43. The Bertz CT molecular complexity index is 675. The second-order valence-corrected chi connectivity index (χ2v) is 6.43. The van der Waals surface area contributed by atoms with Crippen LogP contribution in [0.5, 0.6) is 0 Å². The minimum absolute atomic E-state index is 0.233. The van der Waals surface area contributed by atoms with Crippen LogP contribution >= 0.6 is 0 Å². The van der Waals surface area contributed by atoms with Crippen LogP contribution in [0.4, 0.5) is 5.82 Å². The molecule has 0 saturated carbocycles. The maximum absolute atomic E-state index is 12.1. The second kappa shape index (κ2) is 6.16. The monoisotopic (exact) mass is 311 g/mol. The van der Waals surface area contributed by atoms with Crippen LogP contribution in [0.1, 0.15) is 22.5 Å². The van der Waals surface area contributed by atoms with E-state index in [1.807, 2.05) is 18.3 Å². The van der Waals surface area contributed by atoms with E-state index in [1.54, 1.807) is 12.3 Å². The number of fused-ring (bicyclic) bond motifs is 1. The third kappa shape index (κ3) is 3.01. The molecule has 23 heavy (non-hydrogen) atoms. The Kier molecular flexibility index (Phi) is 3.87. The summed E-state index contributed by atoms with van der Waals surface area (Å²) in [6.45, 7) is 4.99. The molecular weight excluding hydrogens is 290 g/mol. The fourth-order valence-corrected chi connectivity index (χ4v) is 3.65. The van der Waals surface area contributed by atoms with Gasteiger partial charge in [0.25, 0.3) is 0 Å². The Morgan fingerprint density at radius 2 is 2.00 bits per heavy atom. The van der Waals surface area contributed by atoms with Gasteiger partial charge in [-0.15, -0.1) is 0 Å². The molecule has 0 amide bonds. The zero-order valence-corrected chi connectivity index (χ0v) is 13.1. The van der Waals surface area contributed by atoms with Crippen molar-refractivity contribution in [2.75, 3.05) is 37.6 Å². The Morgan fingerprint density at radius 1 is 1.13 bits per heavy atom. The molecule has 2 aromatic heterocycles. The lowest BCUT2D eigenvalue weighted by molar-refractivity contribution is 0.0922. The molecule has 2 aromatic rings. The van der Waals surface area contributed by atoms with Gasteiger partial charge in [-0.25, -0.2) is 4.98 Å². The molecule has 0 radical (unpaired) electrons. The number of ketones is 1. The van der Waals surface area contributed by atoms with Gasteiger partial charge in [0, 0.05) is 51.8 Å². The van der Waals surface area contributed by atoms with Gasteiger partial charge in [0.05, 0.1) is 11.8 Å². The number of piperazine rings is 1. The molecule has 1 atom stereocenters. The van der Waals surface area contributed by atoms with Crippen molar-refractivity contribution in [2.45, 2.75) is 12.8 Å². The van der Waals surface area contributed by atoms with Crippen molar-refractivity contribution >= 4 is 11.6 Å². The number of aromatic nitrogens is 1. The first-order valence-corrected chi connectivity index (χ1v) is 8.27. The van der Waals surface area contributed by atoms with Gasteiger partial charge in [-0.3, -0.25) is 9.69 Å². The average molecular weight is 311 g/mol. The average Bonchev–Trinajstić information content (AvgIpc) is 3.05. The van der Waals surface area contributed by atoms with Gasteiger partial charge in [-0.05, 0) is 24.1 Å². The number of hydrogen-bond donors (Lipinski definition) is 0. The summed E-state index contributed by atoms with van der Waals surface area (Å²) >= 11 is 0. The molecule has 5 nitrogen and oxygen atoms in total. The maximum Gasteiger partial charge on any atom is 0.166 e. The van der Waals surface area contributed by atoms with Crippen LogP contribution in [0.15, 0.2) is 41.1 Å². The molecule has 0 spiro atoms. The van der Waals surface area contributed by atoms with Gasteiger partial charge in [-0.2, -0.15) is 0 Å². The Labute approximate surface area is 135 Å². The number of carbonyl (C=O) groups is 1. The van der Waals surface area contributed by atoms with E-state index in [-0.39, 0.29) is 5.78 Å². The summed E-state index contributed by atoms with van der Waals surface area (Å²) in [6.07, 6.45) is 5.01. The van der Waals surface area contributed by atoms with Gasteiger partial charge in [0.1, 0.15) is 11.6 Å². The first-order valence-electron chi connectivity index (χ1n) is 8.27. The molecular formula is C18H21N3O2. The van der Waals surface area contributed by atoms with Crippen LogP contribution in [-0.2, 0) is 6.42 Å². The first kappa shape index (κ1) is 14.5. The zero-order chi connectivity index (χ0) is 15.6.